The molecule has 9 heteroatoms. The predicted molar refractivity (Wildman–Crippen MR) is 94.4 cm³/mol. The second kappa shape index (κ2) is 6.48. The molecule has 3 N–H and O–H groups in total. The van der Waals surface area contributed by atoms with Crippen molar-refractivity contribution in [3.8, 4) is 0 Å². The minimum absolute atomic E-state index is 0.0572. The Hall–Kier alpha value is -2.26. The number of nitrogens with zero attached hydrogens (tertiary/aromatic N) is 3. The zero-order valence-corrected chi connectivity index (χ0v) is 15.7. The third-order valence-corrected chi connectivity index (χ3v) is 5.34. The van der Waals surface area contributed by atoms with Crippen molar-refractivity contribution in [3.05, 3.63) is 34.1 Å². The fraction of sp³-hybridized carbons (Fsp3) is 0.647. The number of nitro groups is 1. The number of primary amides is 1. The van der Waals surface area contributed by atoms with Crippen molar-refractivity contribution in [2.24, 2.45) is 11.7 Å². The maximum absolute atomic E-state index is 11.8. The fourth-order valence-corrected chi connectivity index (χ4v) is 3.50. The highest BCUT2D eigenvalue weighted by Crippen LogP contribution is 2.49. The summed E-state index contributed by atoms with van der Waals surface area (Å²) in [5, 5.41) is 22.9. The van der Waals surface area contributed by atoms with Crippen molar-refractivity contribution < 1.29 is 19.6 Å². The lowest BCUT2D eigenvalue weighted by Crippen LogP contribution is -2.69. The summed E-state index contributed by atoms with van der Waals surface area (Å²) in [6.45, 7) is 9.86. The number of pyridine rings is 1. The molecule has 1 amide bonds. The summed E-state index contributed by atoms with van der Waals surface area (Å²) in [5.41, 5.74) is 1.43. The maximum Gasteiger partial charge on any atom is 0.405 e. The molecule has 2 heterocycles. The highest BCUT2D eigenvalue weighted by molar-refractivity contribution is 5.66. The third-order valence-electron chi connectivity index (χ3n) is 5.34. The first-order chi connectivity index (χ1) is 11.8. The molecule has 1 unspecified atom stereocenters. The summed E-state index contributed by atoms with van der Waals surface area (Å²) in [4.78, 5) is 28.5. The molecule has 1 aliphatic heterocycles. The van der Waals surface area contributed by atoms with E-state index in [1.54, 1.807) is 0 Å². The summed E-state index contributed by atoms with van der Waals surface area (Å²) in [5.74, 6) is -0.359. The van der Waals surface area contributed by atoms with Crippen LogP contribution in [0.3, 0.4) is 0 Å². The normalized spacial score (nSPS) is 30.0. The van der Waals surface area contributed by atoms with E-state index in [-0.39, 0.29) is 29.3 Å². The fourth-order valence-electron chi connectivity index (χ4n) is 3.50. The maximum atomic E-state index is 11.8. The zero-order chi connectivity index (χ0) is 19.9. The molecule has 144 valence electrons. The minimum Gasteiger partial charge on any atom is -0.433 e. The number of ether oxygens (including phenoxy) is 1. The van der Waals surface area contributed by atoms with Crippen LogP contribution in [0, 0.1) is 16.0 Å². The van der Waals surface area contributed by atoms with E-state index in [9.17, 15) is 20.0 Å². The van der Waals surface area contributed by atoms with Crippen LogP contribution >= 0.6 is 0 Å². The number of carbonyl (C=O) groups is 1. The molecule has 0 aliphatic carbocycles. The van der Waals surface area contributed by atoms with Crippen molar-refractivity contribution >= 4 is 11.8 Å². The molecular weight excluding hydrogens is 340 g/mol. The molecule has 0 radical (unpaired) electrons. The Morgan fingerprint density at radius 3 is 2.65 bits per heavy atom. The molecule has 0 saturated carbocycles. The van der Waals surface area contributed by atoms with Gasteiger partial charge in [0.2, 0.25) is 0 Å². The van der Waals surface area contributed by atoms with Gasteiger partial charge in [-0.1, -0.05) is 6.92 Å². The van der Waals surface area contributed by atoms with E-state index in [0.717, 1.165) is 6.20 Å². The zero-order valence-electron chi connectivity index (χ0n) is 15.7. The lowest BCUT2D eigenvalue weighted by molar-refractivity contribution is -0.388. The van der Waals surface area contributed by atoms with Crippen molar-refractivity contribution in [2.45, 2.75) is 51.4 Å². The number of aliphatic hydroxyl groups is 1. The van der Waals surface area contributed by atoms with Crippen molar-refractivity contribution in [1.82, 2.24) is 9.88 Å². The van der Waals surface area contributed by atoms with Gasteiger partial charge in [-0.3, -0.25) is 20.0 Å². The quantitative estimate of drug-likeness (QED) is 0.615. The van der Waals surface area contributed by atoms with E-state index >= 15 is 0 Å². The van der Waals surface area contributed by atoms with Gasteiger partial charge < -0.3 is 15.6 Å². The Labute approximate surface area is 152 Å². The van der Waals surface area contributed by atoms with Crippen LogP contribution in [0.1, 0.15) is 40.2 Å². The van der Waals surface area contributed by atoms with Crippen molar-refractivity contribution in [1.29, 1.82) is 0 Å². The Balaban J connectivity index is 2.78. The van der Waals surface area contributed by atoms with Gasteiger partial charge in [-0.15, -0.1) is 0 Å². The standard InChI is InChI=1S/C17H26N4O5/c1-11-9-20(15(2,3)4)10-17(16(11,5)23,26-14(18)22)12-6-7-19-8-13(12)21(24)25/h6-8,11,23H,9-10H2,1-5H3,(H2,18,22)/t11-,16?,17-/m0/s1. The van der Waals surface area contributed by atoms with Crippen molar-refractivity contribution in [2.75, 3.05) is 13.1 Å². The lowest BCUT2D eigenvalue weighted by Gasteiger charge is -2.56. The Kier molecular flexibility index (Phi) is 5.00. The molecule has 1 fully saturated rings. The molecule has 9 nitrogen and oxygen atoms in total. The Bertz CT molecular complexity index is 715. The van der Waals surface area contributed by atoms with Gasteiger partial charge in [0.05, 0.1) is 10.5 Å². The molecule has 1 saturated heterocycles. The van der Waals surface area contributed by atoms with Crippen LogP contribution in [0.2, 0.25) is 0 Å². The minimum atomic E-state index is -1.71. The molecule has 1 aromatic heterocycles. The van der Waals surface area contributed by atoms with E-state index in [0.29, 0.717) is 6.54 Å². The number of aromatic nitrogens is 1. The SMILES string of the molecule is C[C@H]1CN(C(C)(C)C)C[C@](OC(N)=O)(c2ccncc2[N+](=O)[O-])C1(C)O. The third kappa shape index (κ3) is 3.24. The first-order valence-corrected chi connectivity index (χ1v) is 8.37. The van der Waals surface area contributed by atoms with Gasteiger partial charge in [-0.05, 0) is 33.8 Å². The van der Waals surface area contributed by atoms with Crippen LogP contribution in [0.15, 0.2) is 18.5 Å². The molecule has 26 heavy (non-hydrogen) atoms. The summed E-state index contributed by atoms with van der Waals surface area (Å²) in [6.07, 6.45) is 1.34. The Morgan fingerprint density at radius 2 is 2.15 bits per heavy atom. The first-order valence-electron chi connectivity index (χ1n) is 8.37. The molecule has 2 rings (SSSR count). The van der Waals surface area contributed by atoms with Gasteiger partial charge in [0, 0.05) is 30.7 Å². The summed E-state index contributed by atoms with van der Waals surface area (Å²) >= 11 is 0. The number of amides is 1. The van der Waals surface area contributed by atoms with E-state index in [2.05, 4.69) is 4.98 Å². The monoisotopic (exact) mass is 366 g/mol. The number of hydrogen-bond donors (Lipinski definition) is 2. The number of nitrogens with two attached hydrogens (primary N) is 1. The highest BCUT2D eigenvalue weighted by Gasteiger charge is 2.61. The van der Waals surface area contributed by atoms with E-state index in [4.69, 9.17) is 10.5 Å². The van der Waals surface area contributed by atoms with E-state index in [1.807, 2.05) is 32.6 Å². The topological polar surface area (TPSA) is 132 Å². The molecular formula is C17H26N4O5. The van der Waals surface area contributed by atoms with Gasteiger partial charge >= 0.3 is 6.09 Å². The second-order valence-electron chi connectivity index (χ2n) is 8.00. The number of hydrogen-bond acceptors (Lipinski definition) is 7. The number of piperidine rings is 1. The van der Waals surface area contributed by atoms with Crippen LogP contribution in [-0.4, -0.2) is 50.2 Å². The van der Waals surface area contributed by atoms with Crippen molar-refractivity contribution in [3.63, 3.8) is 0 Å². The second-order valence-corrected chi connectivity index (χ2v) is 8.00. The Morgan fingerprint density at radius 1 is 1.54 bits per heavy atom. The van der Waals surface area contributed by atoms with Crippen LogP contribution in [-0.2, 0) is 10.3 Å². The number of carbonyl (C=O) groups excluding carboxylic acids is 1. The van der Waals surface area contributed by atoms with Crippen LogP contribution in [0.25, 0.3) is 0 Å². The highest BCUT2D eigenvalue weighted by atomic mass is 16.6. The molecule has 1 aromatic rings. The molecule has 3 atom stereocenters. The largest absolute Gasteiger partial charge is 0.433 e. The summed E-state index contributed by atoms with van der Waals surface area (Å²) < 4.78 is 5.48. The van der Waals surface area contributed by atoms with Gasteiger partial charge in [0.25, 0.3) is 5.69 Å². The van der Waals surface area contributed by atoms with Gasteiger partial charge in [-0.2, -0.15) is 0 Å². The molecule has 0 aromatic carbocycles. The number of likely N-dealkylation sites (tertiary alicyclic amines) is 1. The molecule has 0 spiro atoms. The first kappa shape index (κ1) is 20.1. The molecule has 1 aliphatic rings. The lowest BCUT2D eigenvalue weighted by atomic mass is 9.67. The van der Waals surface area contributed by atoms with Gasteiger partial charge in [0.15, 0.2) is 5.60 Å². The van der Waals surface area contributed by atoms with Crippen LogP contribution < -0.4 is 5.73 Å². The number of rotatable bonds is 3. The smallest absolute Gasteiger partial charge is 0.405 e. The average molecular weight is 366 g/mol. The average Bonchev–Trinajstić information content (AvgIpc) is 2.50. The van der Waals surface area contributed by atoms with E-state index in [1.165, 1.54) is 19.2 Å². The van der Waals surface area contributed by atoms with Gasteiger partial charge in [0.1, 0.15) is 11.8 Å². The molecule has 0 bridgehead atoms. The van der Waals surface area contributed by atoms with Crippen LogP contribution in [0.4, 0.5) is 10.5 Å². The van der Waals surface area contributed by atoms with Gasteiger partial charge in [-0.25, -0.2) is 4.79 Å². The van der Waals surface area contributed by atoms with E-state index < -0.39 is 22.2 Å². The predicted octanol–water partition coefficient (Wildman–Crippen LogP) is 1.78. The van der Waals surface area contributed by atoms with Crippen LogP contribution in [0.5, 0.6) is 0 Å². The summed E-state index contributed by atoms with van der Waals surface area (Å²) in [7, 11) is 0. The summed E-state index contributed by atoms with van der Waals surface area (Å²) in [6, 6.07) is 1.40.